The van der Waals surface area contributed by atoms with Crippen LogP contribution < -0.4 is 5.32 Å². The van der Waals surface area contributed by atoms with Crippen molar-refractivity contribution in [2.45, 2.75) is 50.9 Å². The highest BCUT2D eigenvalue weighted by atomic mass is 16.6. The highest BCUT2D eigenvalue weighted by Crippen LogP contribution is 2.61. The lowest BCUT2D eigenvalue weighted by Crippen LogP contribution is -2.48. The van der Waals surface area contributed by atoms with E-state index in [0.717, 1.165) is 23.3 Å². The van der Waals surface area contributed by atoms with E-state index in [2.05, 4.69) is 5.32 Å². The topological polar surface area (TPSA) is 72.2 Å². The number of benzene rings is 1. The number of hydrogen-bond acceptors (Lipinski definition) is 3. The maximum atomic E-state index is 11.4. The zero-order valence-corrected chi connectivity index (χ0v) is 13.4. The Kier molecular flexibility index (Phi) is 3.22. The van der Waals surface area contributed by atoms with E-state index in [-0.39, 0.29) is 21.9 Å². The molecule has 0 atom stereocenters. The molecule has 0 aliphatic heterocycles. The second-order valence-electron chi connectivity index (χ2n) is 7.87. The molecule has 122 valence electrons. The highest BCUT2D eigenvalue weighted by molar-refractivity contribution is 5.91. The fourth-order valence-corrected chi connectivity index (χ4v) is 5.77. The number of nitro groups is 1. The van der Waals surface area contributed by atoms with E-state index >= 15 is 0 Å². The summed E-state index contributed by atoms with van der Waals surface area (Å²) in [6.45, 7) is 1.37. The van der Waals surface area contributed by atoms with Crippen LogP contribution in [0.2, 0.25) is 0 Å². The molecule has 4 aliphatic rings. The van der Waals surface area contributed by atoms with Crippen LogP contribution in [0.15, 0.2) is 18.2 Å². The van der Waals surface area contributed by atoms with Crippen LogP contribution in [0.1, 0.15) is 51.0 Å². The van der Waals surface area contributed by atoms with Crippen LogP contribution >= 0.6 is 0 Å². The SMILES string of the molecule is CC(=O)Nc1ccc(C23CC4CC(CC(C4)C2)C3)cc1[N+](=O)[O-]. The molecule has 5 rings (SSSR count). The van der Waals surface area contributed by atoms with Gasteiger partial charge in [-0.25, -0.2) is 0 Å². The predicted molar refractivity (Wildman–Crippen MR) is 87.3 cm³/mol. The van der Waals surface area contributed by atoms with Gasteiger partial charge in [0.2, 0.25) is 5.91 Å². The van der Waals surface area contributed by atoms with Crippen LogP contribution in [-0.4, -0.2) is 10.8 Å². The van der Waals surface area contributed by atoms with Crippen molar-refractivity contribution in [3.05, 3.63) is 33.9 Å². The summed E-state index contributed by atoms with van der Waals surface area (Å²) in [5.74, 6) is 2.12. The summed E-state index contributed by atoms with van der Waals surface area (Å²) < 4.78 is 0. The molecule has 4 aliphatic carbocycles. The molecule has 5 nitrogen and oxygen atoms in total. The summed E-state index contributed by atoms with van der Waals surface area (Å²) in [5.41, 5.74) is 1.57. The zero-order chi connectivity index (χ0) is 16.2. The molecule has 4 bridgehead atoms. The lowest BCUT2D eigenvalue weighted by Gasteiger charge is -2.57. The summed E-state index contributed by atoms with van der Waals surface area (Å²) in [4.78, 5) is 22.3. The summed E-state index contributed by atoms with van der Waals surface area (Å²) in [7, 11) is 0. The molecule has 0 saturated heterocycles. The van der Waals surface area contributed by atoms with E-state index in [1.807, 2.05) is 6.07 Å². The quantitative estimate of drug-likeness (QED) is 0.676. The number of hydrogen-bond donors (Lipinski definition) is 1. The molecule has 4 saturated carbocycles. The van der Waals surface area contributed by atoms with Gasteiger partial charge >= 0.3 is 0 Å². The lowest BCUT2D eigenvalue weighted by molar-refractivity contribution is -0.384. The number of carbonyl (C=O) groups is 1. The van der Waals surface area contributed by atoms with E-state index < -0.39 is 0 Å². The number of carbonyl (C=O) groups excluding carboxylic acids is 1. The Balaban J connectivity index is 1.73. The first kappa shape index (κ1) is 14.7. The summed E-state index contributed by atoms with van der Waals surface area (Å²) in [6.07, 6.45) is 7.59. The molecule has 5 heteroatoms. The van der Waals surface area contributed by atoms with Crippen LogP contribution in [0.3, 0.4) is 0 Å². The number of nitrogens with zero attached hydrogens (tertiary/aromatic N) is 1. The van der Waals surface area contributed by atoms with E-state index in [4.69, 9.17) is 0 Å². The zero-order valence-electron chi connectivity index (χ0n) is 13.4. The Morgan fingerprint density at radius 1 is 1.17 bits per heavy atom. The van der Waals surface area contributed by atoms with E-state index in [9.17, 15) is 14.9 Å². The van der Waals surface area contributed by atoms with Gasteiger partial charge in [0.1, 0.15) is 5.69 Å². The van der Waals surface area contributed by atoms with Crippen molar-refractivity contribution in [1.82, 2.24) is 0 Å². The highest BCUT2D eigenvalue weighted by Gasteiger charge is 2.51. The van der Waals surface area contributed by atoms with Crippen molar-refractivity contribution in [1.29, 1.82) is 0 Å². The minimum Gasteiger partial charge on any atom is -0.321 e. The van der Waals surface area contributed by atoms with Gasteiger partial charge in [-0.1, -0.05) is 6.07 Å². The maximum Gasteiger partial charge on any atom is 0.293 e. The Morgan fingerprint density at radius 3 is 2.22 bits per heavy atom. The Bertz CT molecular complexity index is 648. The van der Waals surface area contributed by atoms with Gasteiger partial charge in [-0.2, -0.15) is 0 Å². The molecule has 0 unspecified atom stereocenters. The van der Waals surface area contributed by atoms with E-state index in [0.29, 0.717) is 5.69 Å². The fraction of sp³-hybridized carbons (Fsp3) is 0.611. The Morgan fingerprint density at radius 2 is 1.74 bits per heavy atom. The van der Waals surface area contributed by atoms with Gasteiger partial charge in [0, 0.05) is 13.0 Å². The third-order valence-electron chi connectivity index (χ3n) is 6.16. The van der Waals surface area contributed by atoms with E-state index in [1.54, 1.807) is 12.1 Å². The second-order valence-corrected chi connectivity index (χ2v) is 7.87. The van der Waals surface area contributed by atoms with Crippen molar-refractivity contribution >= 4 is 17.3 Å². The lowest BCUT2D eigenvalue weighted by atomic mass is 9.48. The Labute approximate surface area is 135 Å². The van der Waals surface area contributed by atoms with Crippen molar-refractivity contribution in [2.24, 2.45) is 17.8 Å². The molecule has 1 aromatic carbocycles. The average molecular weight is 314 g/mol. The number of amides is 1. The van der Waals surface area contributed by atoms with Crippen LogP contribution in [0.5, 0.6) is 0 Å². The molecule has 23 heavy (non-hydrogen) atoms. The van der Waals surface area contributed by atoms with Gasteiger partial charge in [0.15, 0.2) is 0 Å². The van der Waals surface area contributed by atoms with Gasteiger partial charge in [0.25, 0.3) is 5.69 Å². The van der Waals surface area contributed by atoms with Gasteiger partial charge < -0.3 is 5.32 Å². The first-order valence-corrected chi connectivity index (χ1v) is 8.52. The molecule has 1 N–H and O–H groups in total. The van der Waals surface area contributed by atoms with Crippen molar-refractivity contribution in [3.8, 4) is 0 Å². The number of nitrogens with one attached hydrogen (secondary N) is 1. The molecule has 0 aromatic heterocycles. The number of nitro benzene ring substituents is 1. The third-order valence-corrected chi connectivity index (χ3v) is 6.16. The second kappa shape index (κ2) is 5.05. The van der Waals surface area contributed by atoms with Gasteiger partial charge in [-0.05, 0) is 73.3 Å². The largest absolute Gasteiger partial charge is 0.321 e. The van der Waals surface area contributed by atoms with Gasteiger partial charge in [0.05, 0.1) is 4.92 Å². The molecule has 1 amide bonds. The van der Waals surface area contributed by atoms with Crippen LogP contribution in [0.25, 0.3) is 0 Å². The van der Waals surface area contributed by atoms with E-state index in [1.165, 1.54) is 45.4 Å². The van der Waals surface area contributed by atoms with Crippen LogP contribution in [-0.2, 0) is 10.2 Å². The third kappa shape index (κ3) is 2.42. The average Bonchev–Trinajstić information content (AvgIpc) is 2.45. The summed E-state index contributed by atoms with van der Waals surface area (Å²) in [6, 6.07) is 5.44. The first-order valence-electron chi connectivity index (χ1n) is 8.52. The van der Waals surface area contributed by atoms with Crippen molar-refractivity contribution in [2.75, 3.05) is 5.32 Å². The number of anilines is 1. The molecule has 0 spiro atoms. The molecular formula is C18H22N2O3. The first-order chi connectivity index (χ1) is 10.9. The minimum atomic E-state index is -0.380. The molecule has 4 fully saturated rings. The standard InChI is InChI=1S/C18H22N2O3/c1-11(21)19-16-3-2-15(7-17(16)20(22)23)18-8-12-4-13(9-18)6-14(5-12)10-18/h2-3,7,12-14H,4-6,8-10H2,1H3,(H,19,21). The molecule has 0 radical (unpaired) electrons. The monoisotopic (exact) mass is 314 g/mol. The fourth-order valence-electron chi connectivity index (χ4n) is 5.77. The normalized spacial score (nSPS) is 34.4. The summed E-state index contributed by atoms with van der Waals surface area (Å²) in [5, 5.41) is 14.0. The van der Waals surface area contributed by atoms with Crippen LogP contribution in [0.4, 0.5) is 11.4 Å². The van der Waals surface area contributed by atoms with Crippen LogP contribution in [0, 0.1) is 27.9 Å². The Hall–Kier alpha value is -1.91. The summed E-state index contributed by atoms with van der Waals surface area (Å²) >= 11 is 0. The van der Waals surface area contributed by atoms with Gasteiger partial charge in [-0.3, -0.25) is 14.9 Å². The van der Waals surface area contributed by atoms with Gasteiger partial charge in [-0.15, -0.1) is 0 Å². The molecule has 1 aromatic rings. The maximum absolute atomic E-state index is 11.4. The minimum absolute atomic E-state index is 0.0217. The van der Waals surface area contributed by atoms with Crippen molar-refractivity contribution < 1.29 is 9.72 Å². The number of rotatable bonds is 3. The smallest absolute Gasteiger partial charge is 0.293 e. The predicted octanol–water partition coefficient (Wildman–Crippen LogP) is 4.02. The molecule has 0 heterocycles. The molecular weight excluding hydrogens is 292 g/mol. The van der Waals surface area contributed by atoms with Crippen molar-refractivity contribution in [3.63, 3.8) is 0 Å².